The average Bonchev–Trinajstić information content (AvgIpc) is 1.59. The molecule has 107 heavy (non-hydrogen) atoms. The predicted octanol–water partition coefficient (Wildman–Crippen LogP) is 25.8. The van der Waals surface area contributed by atoms with Gasteiger partial charge in [-0.05, 0) is 165 Å². The first-order chi connectivity index (χ1) is 53.1. The number of nitrogens with zero attached hydrogens (tertiary/aromatic N) is 7. The Morgan fingerprint density at radius 2 is 0.579 bits per heavy atom. The quantitative estimate of drug-likeness (QED) is 0.137. The maximum absolute atomic E-state index is 6.39. The van der Waals surface area contributed by atoms with E-state index in [0.717, 1.165) is 111 Å². The monoisotopic (exact) mass is 1370 g/mol. The van der Waals surface area contributed by atoms with E-state index in [-0.39, 0.29) is 0 Å². The van der Waals surface area contributed by atoms with Crippen LogP contribution in [0, 0.1) is 0 Å². The Hall–Kier alpha value is -14.5. The van der Waals surface area contributed by atoms with Crippen LogP contribution in [-0.4, -0.2) is 33.2 Å². The van der Waals surface area contributed by atoms with Crippen LogP contribution in [-0.2, 0) is 0 Å². The second kappa shape index (κ2) is 25.2. The zero-order valence-electron chi connectivity index (χ0n) is 57.9. The summed E-state index contributed by atoms with van der Waals surface area (Å²) >= 11 is 0. The van der Waals surface area contributed by atoms with E-state index in [1.165, 1.54) is 88.0 Å². The van der Waals surface area contributed by atoms with E-state index in [1.54, 1.807) is 0 Å². The summed E-state index contributed by atoms with van der Waals surface area (Å²) in [6, 6.07) is 128. The molecule has 0 spiro atoms. The van der Waals surface area contributed by atoms with E-state index in [2.05, 4.69) is 369 Å². The molecule has 500 valence electrons. The number of hydrogen-bond acceptors (Lipinski definition) is 4. The van der Waals surface area contributed by atoms with Crippen molar-refractivity contribution in [1.82, 2.24) is 33.2 Å². The minimum Gasteiger partial charge on any atom is -0.455 e. The highest BCUT2D eigenvalue weighted by Crippen LogP contribution is 2.43. The molecule has 0 aliphatic heterocycles. The van der Waals surface area contributed by atoms with Crippen LogP contribution in [0.15, 0.2) is 387 Å². The number of fused-ring (bicyclic) bond motifs is 15. The average molecular weight is 1370 g/mol. The molecule has 0 atom stereocenters. The fourth-order valence-electron chi connectivity index (χ4n) is 16.4. The van der Waals surface area contributed by atoms with Gasteiger partial charge >= 0.3 is 0 Å². The summed E-state index contributed by atoms with van der Waals surface area (Å²) in [6.07, 6.45) is 7.89. The van der Waals surface area contributed by atoms with Crippen molar-refractivity contribution in [3.63, 3.8) is 0 Å². The van der Waals surface area contributed by atoms with Crippen LogP contribution >= 0.6 is 0 Å². The van der Waals surface area contributed by atoms with Gasteiger partial charge in [-0.15, -0.1) is 0 Å². The topological polar surface area (TPSA) is 71.5 Å². The van der Waals surface area contributed by atoms with Crippen LogP contribution in [0.25, 0.3) is 199 Å². The van der Waals surface area contributed by atoms with Gasteiger partial charge in [-0.1, -0.05) is 243 Å². The van der Waals surface area contributed by atoms with Crippen molar-refractivity contribution in [2.24, 2.45) is 0 Å². The fraction of sp³-hybridized carbons (Fsp3) is 0. The highest BCUT2D eigenvalue weighted by atomic mass is 16.3. The maximum atomic E-state index is 6.39. The molecule has 0 radical (unpaired) electrons. The van der Waals surface area contributed by atoms with Gasteiger partial charge in [0, 0.05) is 101 Å². The number of para-hydroxylation sites is 5. The zero-order chi connectivity index (χ0) is 70.5. The van der Waals surface area contributed by atoms with Crippen LogP contribution in [0.4, 0.5) is 0 Å². The van der Waals surface area contributed by atoms with Crippen LogP contribution in [0.2, 0.25) is 0 Å². The Labute approximate surface area is 615 Å². The van der Waals surface area contributed by atoms with E-state index in [4.69, 9.17) is 14.4 Å². The second-order valence-corrected chi connectivity index (χ2v) is 27.5. The molecule has 0 fully saturated rings. The maximum Gasteiger partial charge on any atom is 0.143 e. The zero-order valence-corrected chi connectivity index (χ0v) is 57.9. The second-order valence-electron chi connectivity index (χ2n) is 27.5. The lowest BCUT2D eigenvalue weighted by Crippen LogP contribution is -1.96. The summed E-state index contributed by atoms with van der Waals surface area (Å²) in [7, 11) is 0. The van der Waals surface area contributed by atoms with Gasteiger partial charge in [-0.3, -0.25) is 15.0 Å². The summed E-state index contributed by atoms with van der Waals surface area (Å²) in [6.45, 7) is 0. The molecule has 14 aromatic carbocycles. The lowest BCUT2D eigenvalue weighted by atomic mass is 10.0. The summed E-state index contributed by atoms with van der Waals surface area (Å²) in [5.74, 6) is 0. The molecule has 8 aromatic heterocycles. The van der Waals surface area contributed by atoms with Crippen molar-refractivity contribution >= 4 is 109 Å². The lowest BCUT2D eigenvalue weighted by Gasteiger charge is -2.11. The molecule has 0 amide bonds. The van der Waals surface area contributed by atoms with Gasteiger partial charge in [0.25, 0.3) is 0 Å². The molecule has 22 aromatic rings. The molecule has 0 bridgehead atoms. The van der Waals surface area contributed by atoms with E-state index in [1.807, 2.05) is 36.9 Å². The molecular formula is C99H63N7O. The minimum atomic E-state index is 0.816. The molecule has 8 heterocycles. The molecule has 8 nitrogen and oxygen atoms in total. The van der Waals surface area contributed by atoms with Gasteiger partial charge in [0.1, 0.15) is 11.2 Å². The summed E-state index contributed by atoms with van der Waals surface area (Å²) in [5.41, 5.74) is 28.8. The number of pyridine rings is 3. The van der Waals surface area contributed by atoms with Crippen molar-refractivity contribution in [3.05, 3.63) is 383 Å². The summed E-state index contributed by atoms with van der Waals surface area (Å²) < 4.78 is 15.8. The number of rotatable bonds is 10. The Morgan fingerprint density at radius 3 is 1.12 bits per heavy atom. The number of benzene rings is 14. The molecular weight excluding hydrogens is 1300 g/mol. The van der Waals surface area contributed by atoms with E-state index in [9.17, 15) is 0 Å². The molecule has 8 heteroatoms. The largest absolute Gasteiger partial charge is 0.455 e. The van der Waals surface area contributed by atoms with Gasteiger partial charge in [-0.2, -0.15) is 0 Å². The van der Waals surface area contributed by atoms with E-state index < -0.39 is 0 Å². The molecule has 0 saturated heterocycles. The first-order valence-corrected chi connectivity index (χ1v) is 36.3. The predicted molar refractivity (Wildman–Crippen MR) is 444 cm³/mol. The van der Waals surface area contributed by atoms with Gasteiger partial charge in [-0.25, -0.2) is 0 Å². The van der Waals surface area contributed by atoms with Crippen LogP contribution < -0.4 is 0 Å². The molecule has 22 rings (SSSR count). The standard InChI is InChI=1S/C52H32N4O.C47H31N3/c1-2-12-33(13-3-1)35-14-10-15-37(28-35)56-48-22-8-5-17-40(48)44-32-54-46(30-50(44)56)45-29-49-43(31-53-45)39-16-4-7-21-47(39)55(49)36-26-24-34(25-27-36)38-19-11-20-42-41-18-6-9-23-51(41)57-52(38)42;1-3-10-32(11-4-1)34-18-22-38(23-19-34)49-44-17-8-7-16-40(44)42-29-36(20-24-45(42)49)37-21-25-46-43(30-37)41-26-27-48-31-47(41)50(46)39-15-9-14-35(28-39)33-12-5-2-6-13-33/h1-32H;1-31H. The number of aromatic nitrogens is 7. The van der Waals surface area contributed by atoms with Crippen molar-refractivity contribution in [3.8, 4) is 89.8 Å². The third kappa shape index (κ3) is 10.3. The molecule has 0 aliphatic carbocycles. The highest BCUT2D eigenvalue weighted by Gasteiger charge is 2.22. The lowest BCUT2D eigenvalue weighted by molar-refractivity contribution is 0.670. The van der Waals surface area contributed by atoms with Crippen molar-refractivity contribution in [2.45, 2.75) is 0 Å². The van der Waals surface area contributed by atoms with Gasteiger partial charge in [0.15, 0.2) is 0 Å². The van der Waals surface area contributed by atoms with Crippen LogP contribution in [0.3, 0.4) is 0 Å². The molecule has 0 aliphatic rings. The smallest absolute Gasteiger partial charge is 0.143 e. The van der Waals surface area contributed by atoms with Crippen LogP contribution in [0.1, 0.15) is 0 Å². The molecule has 0 N–H and O–H groups in total. The Kier molecular flexibility index (Phi) is 14.4. The summed E-state index contributed by atoms with van der Waals surface area (Å²) in [4.78, 5) is 14.7. The minimum absolute atomic E-state index is 0.816. The third-order valence-electron chi connectivity index (χ3n) is 21.4. The Balaban J connectivity index is 0.000000138. The van der Waals surface area contributed by atoms with Crippen LogP contribution in [0.5, 0.6) is 0 Å². The number of furan rings is 1. The molecule has 0 saturated carbocycles. The van der Waals surface area contributed by atoms with Gasteiger partial charge in [0.2, 0.25) is 0 Å². The van der Waals surface area contributed by atoms with Crippen molar-refractivity contribution in [2.75, 3.05) is 0 Å². The molecule has 0 unspecified atom stereocenters. The summed E-state index contributed by atoms with van der Waals surface area (Å²) in [5, 5.41) is 11.7. The van der Waals surface area contributed by atoms with Crippen molar-refractivity contribution in [1.29, 1.82) is 0 Å². The normalized spacial score (nSPS) is 11.7. The first-order valence-electron chi connectivity index (χ1n) is 36.3. The SMILES string of the molecule is c1ccc(-c2ccc(-n3c4ccccc4c4cc(-c5ccc6c(c5)c5ccncc5n6-c5cccc(-c6ccccc6)c5)ccc43)cc2)cc1.c1ccc(-c2cccc(-n3c4ccccc4c4cnc(-c5cc6c(cn5)c5ccccc5n6-c5ccc(-c6cccc7c6oc6ccccc67)cc5)cc43)c2)cc1. The van der Waals surface area contributed by atoms with E-state index in [0.29, 0.717) is 0 Å². The Bertz CT molecular complexity index is 7230. The first kappa shape index (κ1) is 61.2. The highest BCUT2D eigenvalue weighted by molar-refractivity contribution is 6.15. The van der Waals surface area contributed by atoms with E-state index >= 15 is 0 Å². The number of hydrogen-bond donors (Lipinski definition) is 0. The van der Waals surface area contributed by atoms with Gasteiger partial charge in [0.05, 0.1) is 61.7 Å². The van der Waals surface area contributed by atoms with Crippen molar-refractivity contribution < 1.29 is 4.42 Å². The fourth-order valence-corrected chi connectivity index (χ4v) is 16.4. The third-order valence-corrected chi connectivity index (χ3v) is 21.4. The van der Waals surface area contributed by atoms with Gasteiger partial charge < -0.3 is 22.7 Å². The Morgan fingerprint density at radius 1 is 0.206 bits per heavy atom.